The summed E-state index contributed by atoms with van der Waals surface area (Å²) in [4.78, 5) is 0. The molecule has 0 fully saturated rings. The number of hydrogen-bond acceptors (Lipinski definition) is 1. The van der Waals surface area contributed by atoms with Crippen LogP contribution in [0.25, 0.3) is 0 Å². The molecule has 0 saturated heterocycles. The minimum atomic E-state index is -0.170. The third-order valence-corrected chi connectivity index (χ3v) is 3.32. The Balaban J connectivity index is 2.94. The van der Waals surface area contributed by atoms with E-state index in [0.29, 0.717) is 6.04 Å². The molecule has 16 heavy (non-hydrogen) atoms. The molecular formula is C14H22FN. The molecule has 0 aliphatic carbocycles. The van der Waals surface area contributed by atoms with Crippen molar-refractivity contribution in [3.05, 3.63) is 35.6 Å². The number of nitrogens with one attached hydrogen (secondary N) is 1. The molecule has 1 aromatic carbocycles. The van der Waals surface area contributed by atoms with Gasteiger partial charge in [-0.1, -0.05) is 39.8 Å². The number of halogens is 1. The predicted octanol–water partition coefficient (Wildman–Crippen LogP) is 3.49. The van der Waals surface area contributed by atoms with Crippen molar-refractivity contribution in [2.45, 2.75) is 45.6 Å². The quantitative estimate of drug-likeness (QED) is 0.805. The minimum absolute atomic E-state index is 0.0262. The van der Waals surface area contributed by atoms with Crippen LogP contribution in [0, 0.1) is 5.82 Å². The second-order valence-corrected chi connectivity index (χ2v) is 4.75. The monoisotopic (exact) mass is 223 g/mol. The van der Waals surface area contributed by atoms with Gasteiger partial charge in [-0.05, 0) is 30.7 Å². The van der Waals surface area contributed by atoms with Crippen molar-refractivity contribution in [2.75, 3.05) is 6.54 Å². The van der Waals surface area contributed by atoms with Gasteiger partial charge in [0.25, 0.3) is 0 Å². The molecule has 1 nitrogen and oxygen atoms in total. The largest absolute Gasteiger partial charge is 0.313 e. The summed E-state index contributed by atoms with van der Waals surface area (Å²) in [5, 5.41) is 3.49. The third-order valence-electron chi connectivity index (χ3n) is 3.32. The predicted molar refractivity (Wildman–Crippen MR) is 67.2 cm³/mol. The summed E-state index contributed by atoms with van der Waals surface area (Å²) in [5.74, 6) is -0.170. The zero-order valence-corrected chi connectivity index (χ0v) is 10.7. The maximum Gasteiger partial charge on any atom is 0.123 e. The maximum absolute atomic E-state index is 12.9. The summed E-state index contributed by atoms with van der Waals surface area (Å²) in [6.07, 6.45) is 1.07. The van der Waals surface area contributed by atoms with Gasteiger partial charge in [0, 0.05) is 11.5 Å². The highest BCUT2D eigenvalue weighted by Crippen LogP contribution is 2.28. The van der Waals surface area contributed by atoms with Crippen molar-refractivity contribution in [3.8, 4) is 0 Å². The van der Waals surface area contributed by atoms with Crippen molar-refractivity contribution in [1.29, 1.82) is 0 Å². The zero-order valence-electron chi connectivity index (χ0n) is 10.7. The summed E-state index contributed by atoms with van der Waals surface area (Å²) in [7, 11) is 0. The fourth-order valence-electron chi connectivity index (χ4n) is 2.24. The highest BCUT2D eigenvalue weighted by atomic mass is 19.1. The lowest BCUT2D eigenvalue weighted by molar-refractivity contribution is 0.336. The summed E-state index contributed by atoms with van der Waals surface area (Å²) in [6, 6.07) is 7.26. The molecule has 0 aliphatic heterocycles. The van der Waals surface area contributed by atoms with Crippen molar-refractivity contribution >= 4 is 0 Å². The van der Waals surface area contributed by atoms with Crippen LogP contribution in [0.5, 0.6) is 0 Å². The Hall–Kier alpha value is -0.890. The van der Waals surface area contributed by atoms with Crippen LogP contribution >= 0.6 is 0 Å². The molecule has 1 N–H and O–H groups in total. The Morgan fingerprint density at radius 3 is 2.19 bits per heavy atom. The van der Waals surface area contributed by atoms with Crippen molar-refractivity contribution in [3.63, 3.8) is 0 Å². The van der Waals surface area contributed by atoms with Gasteiger partial charge in [0.05, 0.1) is 0 Å². The molecule has 1 unspecified atom stereocenters. The number of likely N-dealkylation sites (N-methyl/N-ethyl adjacent to an activating group) is 1. The first-order valence-electron chi connectivity index (χ1n) is 6.01. The molecule has 1 rings (SSSR count). The van der Waals surface area contributed by atoms with Gasteiger partial charge in [0.2, 0.25) is 0 Å². The van der Waals surface area contributed by atoms with Crippen LogP contribution in [0.3, 0.4) is 0 Å². The van der Waals surface area contributed by atoms with Gasteiger partial charge in [-0.2, -0.15) is 0 Å². The SMILES string of the molecule is CCNC(CC)C(C)(C)c1ccc(F)cc1. The average molecular weight is 223 g/mol. The fraction of sp³-hybridized carbons (Fsp3) is 0.571. The third kappa shape index (κ3) is 2.82. The summed E-state index contributed by atoms with van der Waals surface area (Å²) in [5.41, 5.74) is 1.21. The van der Waals surface area contributed by atoms with Gasteiger partial charge >= 0.3 is 0 Å². The van der Waals surface area contributed by atoms with Gasteiger partial charge in [0.1, 0.15) is 5.82 Å². The van der Waals surface area contributed by atoms with Gasteiger partial charge in [-0.15, -0.1) is 0 Å². The molecule has 0 heterocycles. The second kappa shape index (κ2) is 5.44. The summed E-state index contributed by atoms with van der Waals surface area (Å²) in [6.45, 7) is 9.67. The number of rotatable bonds is 5. The molecule has 1 atom stereocenters. The Morgan fingerprint density at radius 1 is 1.19 bits per heavy atom. The molecular weight excluding hydrogens is 201 g/mol. The van der Waals surface area contributed by atoms with E-state index in [4.69, 9.17) is 0 Å². The van der Waals surface area contributed by atoms with Crippen LogP contribution in [0.4, 0.5) is 4.39 Å². The van der Waals surface area contributed by atoms with E-state index in [-0.39, 0.29) is 11.2 Å². The van der Waals surface area contributed by atoms with E-state index in [2.05, 4.69) is 33.0 Å². The summed E-state index contributed by atoms with van der Waals surface area (Å²) >= 11 is 0. The van der Waals surface area contributed by atoms with E-state index in [1.807, 2.05) is 12.1 Å². The molecule has 0 amide bonds. The second-order valence-electron chi connectivity index (χ2n) is 4.75. The molecule has 0 bridgehead atoms. The lowest BCUT2D eigenvalue weighted by Crippen LogP contribution is -2.44. The molecule has 0 aromatic heterocycles. The van der Waals surface area contributed by atoms with E-state index >= 15 is 0 Å². The zero-order chi connectivity index (χ0) is 12.2. The fourth-order valence-corrected chi connectivity index (χ4v) is 2.24. The lowest BCUT2D eigenvalue weighted by Gasteiger charge is -2.35. The van der Waals surface area contributed by atoms with E-state index in [1.165, 1.54) is 17.7 Å². The van der Waals surface area contributed by atoms with Crippen molar-refractivity contribution in [1.82, 2.24) is 5.32 Å². The number of hydrogen-bond donors (Lipinski definition) is 1. The van der Waals surface area contributed by atoms with E-state index in [9.17, 15) is 4.39 Å². The average Bonchev–Trinajstić information content (AvgIpc) is 2.26. The summed E-state index contributed by atoms with van der Waals surface area (Å²) < 4.78 is 12.9. The topological polar surface area (TPSA) is 12.0 Å². The van der Waals surface area contributed by atoms with Crippen LogP contribution < -0.4 is 5.32 Å². The van der Waals surface area contributed by atoms with E-state index in [1.54, 1.807) is 0 Å². The molecule has 2 heteroatoms. The molecule has 0 radical (unpaired) electrons. The Morgan fingerprint density at radius 2 is 1.75 bits per heavy atom. The molecule has 90 valence electrons. The van der Waals surface area contributed by atoms with Crippen LogP contribution in [0.2, 0.25) is 0 Å². The highest BCUT2D eigenvalue weighted by Gasteiger charge is 2.29. The molecule has 1 aromatic rings. The van der Waals surface area contributed by atoms with Crippen molar-refractivity contribution < 1.29 is 4.39 Å². The smallest absolute Gasteiger partial charge is 0.123 e. The lowest BCUT2D eigenvalue weighted by atomic mass is 9.76. The minimum Gasteiger partial charge on any atom is -0.313 e. The first-order valence-corrected chi connectivity index (χ1v) is 6.01. The van der Waals surface area contributed by atoms with Crippen LogP contribution in [0.15, 0.2) is 24.3 Å². The van der Waals surface area contributed by atoms with Crippen LogP contribution in [0.1, 0.15) is 39.7 Å². The van der Waals surface area contributed by atoms with Gasteiger partial charge in [0.15, 0.2) is 0 Å². The standard InChI is InChI=1S/C14H22FN/c1-5-13(16-6-2)14(3,4)11-7-9-12(15)10-8-11/h7-10,13,16H,5-6H2,1-4H3. The molecule has 0 saturated carbocycles. The number of benzene rings is 1. The Kier molecular flexibility index (Phi) is 4.48. The Labute approximate surface area is 98.1 Å². The first-order chi connectivity index (χ1) is 7.52. The van der Waals surface area contributed by atoms with Gasteiger partial charge in [-0.3, -0.25) is 0 Å². The van der Waals surface area contributed by atoms with E-state index < -0.39 is 0 Å². The first kappa shape index (κ1) is 13.2. The van der Waals surface area contributed by atoms with Crippen LogP contribution in [-0.4, -0.2) is 12.6 Å². The molecule has 0 spiro atoms. The highest BCUT2D eigenvalue weighted by molar-refractivity contribution is 5.26. The van der Waals surface area contributed by atoms with Gasteiger partial charge < -0.3 is 5.32 Å². The maximum atomic E-state index is 12.9. The van der Waals surface area contributed by atoms with Crippen molar-refractivity contribution in [2.24, 2.45) is 0 Å². The molecule has 0 aliphatic rings. The Bertz CT molecular complexity index is 316. The van der Waals surface area contributed by atoms with E-state index in [0.717, 1.165) is 13.0 Å². The van der Waals surface area contributed by atoms with Crippen LogP contribution in [-0.2, 0) is 5.41 Å². The van der Waals surface area contributed by atoms with Gasteiger partial charge in [-0.25, -0.2) is 4.39 Å². The normalized spacial score (nSPS) is 13.8.